The van der Waals surface area contributed by atoms with E-state index < -0.39 is 190 Å². The molecule has 0 aromatic carbocycles. The molecule has 0 saturated heterocycles. The minimum atomic E-state index is -1.29. The molecule has 0 aliphatic heterocycles. The zero-order valence-electron chi connectivity index (χ0n) is 50.0. The normalized spacial score (nSPS) is 13.1. The van der Waals surface area contributed by atoms with Crippen LogP contribution in [0.4, 0.5) is 0 Å². The fourth-order valence-electron chi connectivity index (χ4n) is 7.33. The first-order valence-corrected chi connectivity index (χ1v) is 29.0. The van der Waals surface area contributed by atoms with Crippen molar-refractivity contribution in [1.29, 1.82) is 0 Å². The van der Waals surface area contributed by atoms with E-state index in [1.54, 1.807) is 13.8 Å². The Hall–Kier alpha value is -8.29. The lowest BCUT2D eigenvalue weighted by Crippen LogP contribution is -2.55. The van der Waals surface area contributed by atoms with E-state index in [1.165, 1.54) is 13.8 Å². The maximum absolute atomic E-state index is 13.4. The molecule has 0 aromatic rings. The van der Waals surface area contributed by atoms with Gasteiger partial charge in [0.05, 0.1) is 59.0 Å². The number of nitrogens with two attached hydrogens (primary N) is 3. The molecule has 0 rings (SSSR count). The molecular weight excluding hydrogens is 1180 g/mol. The Kier molecular flexibility index (Phi) is 41.6. The molecule has 0 spiro atoms. The van der Waals surface area contributed by atoms with Gasteiger partial charge in [-0.2, -0.15) is 12.6 Å². The number of carboxylic acids is 1. The van der Waals surface area contributed by atoms with Crippen LogP contribution in [0.1, 0.15) is 91.9 Å². The first kappa shape index (κ1) is 79.7. The van der Waals surface area contributed by atoms with E-state index in [2.05, 4.69) is 92.4 Å². The lowest BCUT2D eigenvalue weighted by molar-refractivity contribution is -0.141. The minimum absolute atomic E-state index is 0.00286. The van der Waals surface area contributed by atoms with Crippen LogP contribution in [0.3, 0.4) is 0 Å². The number of nitrogens with one attached hydrogen (secondary N) is 15. The summed E-state index contributed by atoms with van der Waals surface area (Å²) in [5, 5.41) is 53.3. The monoisotopic (exact) mass is 1270 g/mol. The van der Waals surface area contributed by atoms with Crippen molar-refractivity contribution < 1.29 is 86.9 Å². The van der Waals surface area contributed by atoms with E-state index in [-0.39, 0.29) is 62.9 Å². The van der Waals surface area contributed by atoms with Crippen molar-refractivity contribution in [3.63, 3.8) is 0 Å². The highest BCUT2D eigenvalue weighted by molar-refractivity contribution is 7.80. The molecule has 7 atom stereocenters. The van der Waals surface area contributed by atoms with Crippen LogP contribution >= 0.6 is 12.6 Å². The minimum Gasteiger partial charge on any atom is -0.480 e. The fraction of sp³-hybridized carbons (Fsp3) is 0.686. The molecule has 0 radical (unpaired) electrons. The average Bonchev–Trinajstić information content (AvgIpc) is 3.51. The molecule has 37 heteroatoms. The van der Waals surface area contributed by atoms with Crippen molar-refractivity contribution in [3.05, 3.63) is 0 Å². The van der Waals surface area contributed by atoms with Crippen LogP contribution in [0.15, 0.2) is 0 Å². The van der Waals surface area contributed by atoms with E-state index >= 15 is 0 Å². The third-order valence-corrected chi connectivity index (χ3v) is 12.4. The molecule has 36 nitrogen and oxygen atoms in total. The van der Waals surface area contributed by atoms with E-state index in [4.69, 9.17) is 27.4 Å². The number of aliphatic hydroxyl groups excluding tert-OH is 1. The first-order valence-electron chi connectivity index (χ1n) is 28.4. The van der Waals surface area contributed by atoms with Gasteiger partial charge in [-0.15, -0.1) is 0 Å². The topological polar surface area (TPSA) is 572 Å². The van der Waals surface area contributed by atoms with Crippen molar-refractivity contribution in [1.82, 2.24) is 79.8 Å². The standard InChI is InChI=1S/C51H90N18O18S/c1-28(2)17-35(49(84)62-23-41(76)66-32(11-5-8-14-52)46(81)59-18-37(72)56-20-39(74)64-29(3)51(86)87)68-43(78)25-61-48(83)33(12-6-9-15-53)65-40(75)21-57-38(73)19-60-47(82)34(13-7-10-16-55-30(4)71)67-42(77)24-63-50(85)36(27-88)69-44(79)22-58-45(80)31(54)26-70/h28-29,31-36,70,88H,5-27,52-54H2,1-4H3,(H,55,71)(H,56,72)(H,57,73)(H,58,80)(H,59,81)(H,60,82)(H,61,83)(H,62,84)(H,63,85)(H,64,74)(H,65,75)(H,66,76)(H,67,77)(H,68,78)(H,69,79)(H,86,87)/t29-,31-,32-,33-,34-,35-,36-/m0/s1. The van der Waals surface area contributed by atoms with E-state index in [0.29, 0.717) is 38.5 Å². The van der Waals surface area contributed by atoms with Crippen LogP contribution in [-0.4, -0.2) is 231 Å². The van der Waals surface area contributed by atoms with Gasteiger partial charge >= 0.3 is 5.97 Å². The number of carboxylic acid groups (broad SMARTS) is 1. The van der Waals surface area contributed by atoms with E-state index in [1.807, 2.05) is 0 Å². The van der Waals surface area contributed by atoms with Crippen molar-refractivity contribution in [2.24, 2.45) is 23.1 Å². The van der Waals surface area contributed by atoms with Crippen LogP contribution in [-0.2, 0) is 76.7 Å². The third kappa shape index (κ3) is 38.0. The molecule has 23 N–H and O–H groups in total. The molecule has 0 heterocycles. The second-order valence-electron chi connectivity index (χ2n) is 20.2. The second-order valence-corrected chi connectivity index (χ2v) is 20.6. The Balaban J connectivity index is 5.56. The highest BCUT2D eigenvalue weighted by Crippen LogP contribution is 2.07. The summed E-state index contributed by atoms with van der Waals surface area (Å²) in [4.78, 5) is 201. The molecule has 0 fully saturated rings. The molecule has 0 aromatic heterocycles. The summed E-state index contributed by atoms with van der Waals surface area (Å²) in [5.41, 5.74) is 16.6. The van der Waals surface area contributed by atoms with Crippen molar-refractivity contribution in [2.75, 3.05) is 84.4 Å². The molecule has 0 aliphatic rings. The Bertz CT molecular complexity index is 2370. The number of unbranched alkanes of at least 4 members (excludes halogenated alkanes) is 3. The summed E-state index contributed by atoms with van der Waals surface area (Å²) < 4.78 is 0. The van der Waals surface area contributed by atoms with Gasteiger partial charge in [-0.05, 0) is 90.1 Å². The number of hydrogen-bond acceptors (Lipinski definition) is 21. The number of hydrogen-bond donors (Lipinski definition) is 21. The van der Waals surface area contributed by atoms with E-state index in [0.717, 1.165) is 0 Å². The summed E-state index contributed by atoms with van der Waals surface area (Å²) in [6, 6.07) is -8.68. The zero-order chi connectivity index (χ0) is 66.7. The van der Waals surface area contributed by atoms with Gasteiger partial charge in [0.2, 0.25) is 88.6 Å². The van der Waals surface area contributed by atoms with Crippen LogP contribution in [0.25, 0.3) is 0 Å². The smallest absolute Gasteiger partial charge is 0.325 e. The molecule has 0 aliphatic carbocycles. The quantitative estimate of drug-likeness (QED) is 0.0199. The largest absolute Gasteiger partial charge is 0.480 e. The number of aliphatic carboxylic acids is 1. The van der Waals surface area contributed by atoms with Crippen molar-refractivity contribution in [2.45, 2.75) is 134 Å². The maximum atomic E-state index is 13.4. The third-order valence-electron chi connectivity index (χ3n) is 12.0. The number of aliphatic hydroxyl groups is 1. The highest BCUT2D eigenvalue weighted by atomic mass is 32.1. The van der Waals surface area contributed by atoms with Gasteiger partial charge in [0.1, 0.15) is 42.3 Å². The maximum Gasteiger partial charge on any atom is 0.325 e. The van der Waals surface area contributed by atoms with Crippen LogP contribution in [0.2, 0.25) is 0 Å². The Morgan fingerprint density at radius 2 is 0.705 bits per heavy atom. The molecule has 88 heavy (non-hydrogen) atoms. The molecule has 498 valence electrons. The number of carbonyl (C=O) groups is 16. The average molecular weight is 1280 g/mol. The molecule has 0 unspecified atom stereocenters. The number of amides is 15. The predicted molar refractivity (Wildman–Crippen MR) is 316 cm³/mol. The van der Waals surface area contributed by atoms with Gasteiger partial charge in [0, 0.05) is 19.2 Å². The zero-order valence-corrected chi connectivity index (χ0v) is 50.9. The summed E-state index contributed by atoms with van der Waals surface area (Å²) in [5.74, 6) is -13.5. The van der Waals surface area contributed by atoms with Gasteiger partial charge in [0.25, 0.3) is 0 Å². The highest BCUT2D eigenvalue weighted by Gasteiger charge is 2.28. The van der Waals surface area contributed by atoms with Crippen molar-refractivity contribution in [3.8, 4) is 0 Å². The molecular formula is C51H90N18O18S. The lowest BCUT2D eigenvalue weighted by Gasteiger charge is -2.22. The Morgan fingerprint density at radius 3 is 1.05 bits per heavy atom. The van der Waals surface area contributed by atoms with Crippen LogP contribution < -0.4 is 97.0 Å². The second kappa shape index (κ2) is 45.9. The molecule has 0 bridgehead atoms. The lowest BCUT2D eigenvalue weighted by atomic mass is 10.0. The fourth-order valence-corrected chi connectivity index (χ4v) is 7.58. The Labute approximate surface area is 514 Å². The molecule has 0 saturated carbocycles. The van der Waals surface area contributed by atoms with Gasteiger partial charge in [-0.1, -0.05) is 13.8 Å². The number of carbonyl (C=O) groups excluding carboxylic acids is 15. The van der Waals surface area contributed by atoms with Gasteiger partial charge in [-0.25, -0.2) is 0 Å². The summed E-state index contributed by atoms with van der Waals surface area (Å²) in [6.45, 7) is 0.965. The van der Waals surface area contributed by atoms with Crippen molar-refractivity contribution >= 4 is 107 Å². The van der Waals surface area contributed by atoms with E-state index in [9.17, 15) is 76.7 Å². The Morgan fingerprint density at radius 1 is 0.398 bits per heavy atom. The first-order chi connectivity index (χ1) is 41.6. The van der Waals surface area contributed by atoms with Crippen LogP contribution in [0.5, 0.6) is 0 Å². The SMILES string of the molecule is CC(=O)NCCCC[C@H](NC(=O)CNC(=O)[C@H](CS)NC(=O)CNC(=O)[C@@H](N)CO)C(=O)NCC(=O)NCC(=O)N[C@@H](CCCCN)C(=O)NCC(=O)N[C@@H](CC(C)C)C(=O)NCC(=O)N[C@@H](CCCCN)C(=O)NCC(=O)NCC(=O)N[C@@H](C)C(=O)O. The van der Waals surface area contributed by atoms with Gasteiger partial charge in [0.15, 0.2) is 0 Å². The van der Waals surface area contributed by atoms with Crippen LogP contribution in [0, 0.1) is 5.92 Å². The van der Waals surface area contributed by atoms with Gasteiger partial charge < -0.3 is 107 Å². The van der Waals surface area contributed by atoms with Gasteiger partial charge in [-0.3, -0.25) is 76.7 Å². The molecule has 15 amide bonds. The number of thiol groups is 1. The summed E-state index contributed by atoms with van der Waals surface area (Å²) in [7, 11) is 0. The number of rotatable bonds is 46. The summed E-state index contributed by atoms with van der Waals surface area (Å²) >= 11 is 4.03. The predicted octanol–water partition coefficient (Wildman–Crippen LogP) is -10.2. The summed E-state index contributed by atoms with van der Waals surface area (Å²) in [6.07, 6.45) is 2.53.